The fraction of sp³-hybridized carbons (Fsp3) is 0.800. The zero-order chi connectivity index (χ0) is 10.2. The average Bonchev–Trinajstić information content (AvgIpc) is 2.84. The van der Waals surface area contributed by atoms with E-state index in [0.717, 1.165) is 25.9 Å². The summed E-state index contributed by atoms with van der Waals surface area (Å²) in [6, 6.07) is 0. The first-order valence-electron chi connectivity index (χ1n) is 5.08. The summed E-state index contributed by atoms with van der Waals surface area (Å²) in [5, 5.41) is 0. The maximum absolute atomic E-state index is 12.0. The number of methoxy groups -OCH3 is 1. The van der Waals surface area contributed by atoms with E-state index in [2.05, 4.69) is 4.74 Å². The fourth-order valence-electron chi connectivity index (χ4n) is 2.05. The van der Waals surface area contributed by atoms with Crippen molar-refractivity contribution in [2.24, 2.45) is 5.41 Å². The molecule has 14 heavy (non-hydrogen) atoms. The Balaban J connectivity index is 2.06. The van der Waals surface area contributed by atoms with Crippen LogP contribution in [0.4, 0.5) is 0 Å². The van der Waals surface area contributed by atoms with Crippen LogP contribution in [-0.4, -0.2) is 37.0 Å². The first kappa shape index (κ1) is 9.49. The van der Waals surface area contributed by atoms with E-state index < -0.39 is 5.41 Å². The molecule has 0 bridgehead atoms. The zero-order valence-corrected chi connectivity index (χ0v) is 8.41. The first-order valence-corrected chi connectivity index (χ1v) is 5.08. The summed E-state index contributed by atoms with van der Waals surface area (Å²) in [5.74, 6) is -0.365. The van der Waals surface area contributed by atoms with Crippen LogP contribution in [0.1, 0.15) is 25.7 Å². The molecule has 78 valence electrons. The monoisotopic (exact) mass is 197 g/mol. The molecule has 0 spiro atoms. The number of carbonyl (C=O) groups excluding carboxylic acids is 2. The van der Waals surface area contributed by atoms with E-state index in [-0.39, 0.29) is 11.9 Å². The highest BCUT2D eigenvalue weighted by molar-refractivity contribution is 6.05. The van der Waals surface area contributed by atoms with Crippen molar-refractivity contribution >= 4 is 11.9 Å². The molecule has 0 aromatic heterocycles. The van der Waals surface area contributed by atoms with E-state index in [4.69, 9.17) is 0 Å². The quantitative estimate of drug-likeness (QED) is 0.480. The lowest BCUT2D eigenvalue weighted by atomic mass is 10.1. The summed E-state index contributed by atoms with van der Waals surface area (Å²) in [6.45, 7) is 1.61. The molecule has 0 radical (unpaired) electrons. The Morgan fingerprint density at radius 1 is 1.21 bits per heavy atom. The Morgan fingerprint density at radius 3 is 2.21 bits per heavy atom. The third-order valence-corrected chi connectivity index (χ3v) is 3.13. The van der Waals surface area contributed by atoms with Crippen LogP contribution in [0.25, 0.3) is 0 Å². The molecule has 1 saturated heterocycles. The van der Waals surface area contributed by atoms with E-state index in [9.17, 15) is 9.59 Å². The molecule has 4 heteroatoms. The zero-order valence-electron chi connectivity index (χ0n) is 8.41. The van der Waals surface area contributed by atoms with Crippen LogP contribution in [0, 0.1) is 5.41 Å². The molecule has 0 N–H and O–H groups in total. The van der Waals surface area contributed by atoms with Crippen LogP contribution >= 0.6 is 0 Å². The number of carbonyl (C=O) groups is 2. The molecule has 2 rings (SSSR count). The second-order valence-electron chi connectivity index (χ2n) is 4.07. The van der Waals surface area contributed by atoms with Crippen LogP contribution in [-0.2, 0) is 14.3 Å². The Bertz CT molecular complexity index is 265. The number of esters is 1. The minimum atomic E-state index is -0.793. The summed E-state index contributed by atoms with van der Waals surface area (Å²) >= 11 is 0. The van der Waals surface area contributed by atoms with E-state index >= 15 is 0 Å². The maximum atomic E-state index is 12.0. The highest BCUT2D eigenvalue weighted by Gasteiger charge is 2.59. The molecule has 0 unspecified atom stereocenters. The molecule has 4 nitrogen and oxygen atoms in total. The van der Waals surface area contributed by atoms with Gasteiger partial charge in [-0.05, 0) is 25.7 Å². The Labute approximate surface area is 83.2 Å². The highest BCUT2D eigenvalue weighted by atomic mass is 16.5. The molecule has 0 aromatic rings. The molecule has 0 aromatic carbocycles. The number of rotatable bonds is 2. The van der Waals surface area contributed by atoms with Gasteiger partial charge in [0.2, 0.25) is 5.91 Å². The number of hydrogen-bond acceptors (Lipinski definition) is 3. The standard InChI is InChI=1S/C10H15NO3/c1-14-9(13)10(4-5-10)8(12)11-6-2-3-7-11/h2-7H2,1H3. The van der Waals surface area contributed by atoms with Crippen molar-refractivity contribution in [2.45, 2.75) is 25.7 Å². The van der Waals surface area contributed by atoms with E-state index in [1.54, 1.807) is 4.90 Å². The Morgan fingerprint density at radius 2 is 1.79 bits per heavy atom. The van der Waals surface area contributed by atoms with Crippen LogP contribution in [0.5, 0.6) is 0 Å². The van der Waals surface area contributed by atoms with Crippen molar-refractivity contribution in [3.63, 3.8) is 0 Å². The van der Waals surface area contributed by atoms with Crippen molar-refractivity contribution in [1.29, 1.82) is 0 Å². The Hall–Kier alpha value is -1.06. The number of amides is 1. The van der Waals surface area contributed by atoms with E-state index in [1.807, 2.05) is 0 Å². The smallest absolute Gasteiger partial charge is 0.321 e. The van der Waals surface area contributed by atoms with Crippen molar-refractivity contribution < 1.29 is 14.3 Å². The lowest BCUT2D eigenvalue weighted by Crippen LogP contribution is -2.39. The molecule has 2 aliphatic rings. The molecular formula is C10H15NO3. The molecule has 1 saturated carbocycles. The van der Waals surface area contributed by atoms with Crippen LogP contribution in [0.3, 0.4) is 0 Å². The van der Waals surface area contributed by atoms with Crippen molar-refractivity contribution in [3.8, 4) is 0 Å². The summed E-state index contributed by atoms with van der Waals surface area (Å²) in [6.07, 6.45) is 3.44. The molecule has 1 aliphatic carbocycles. The SMILES string of the molecule is COC(=O)C1(C(=O)N2CCCC2)CC1. The topological polar surface area (TPSA) is 46.6 Å². The minimum Gasteiger partial charge on any atom is -0.468 e. The van der Waals surface area contributed by atoms with Gasteiger partial charge in [0.1, 0.15) is 5.41 Å². The third kappa shape index (κ3) is 1.29. The van der Waals surface area contributed by atoms with Gasteiger partial charge in [0.25, 0.3) is 0 Å². The van der Waals surface area contributed by atoms with Crippen molar-refractivity contribution in [2.75, 3.05) is 20.2 Å². The number of likely N-dealkylation sites (tertiary alicyclic amines) is 1. The van der Waals surface area contributed by atoms with Gasteiger partial charge in [-0.1, -0.05) is 0 Å². The van der Waals surface area contributed by atoms with E-state index in [1.165, 1.54) is 7.11 Å². The van der Waals surface area contributed by atoms with Gasteiger partial charge in [0.15, 0.2) is 0 Å². The summed E-state index contributed by atoms with van der Waals surface area (Å²) in [7, 11) is 1.35. The average molecular weight is 197 g/mol. The van der Waals surface area contributed by atoms with E-state index in [0.29, 0.717) is 12.8 Å². The lowest BCUT2D eigenvalue weighted by Gasteiger charge is -2.20. The van der Waals surface area contributed by atoms with Gasteiger partial charge in [-0.15, -0.1) is 0 Å². The highest BCUT2D eigenvalue weighted by Crippen LogP contribution is 2.48. The fourth-order valence-corrected chi connectivity index (χ4v) is 2.05. The van der Waals surface area contributed by atoms with Gasteiger partial charge >= 0.3 is 5.97 Å². The summed E-state index contributed by atoms with van der Waals surface area (Å²) in [4.78, 5) is 25.2. The van der Waals surface area contributed by atoms with Gasteiger partial charge in [-0.3, -0.25) is 9.59 Å². The predicted octanol–water partition coefficient (Wildman–Crippen LogP) is 0.562. The summed E-state index contributed by atoms with van der Waals surface area (Å²) in [5.41, 5.74) is -0.793. The second-order valence-corrected chi connectivity index (χ2v) is 4.07. The number of hydrogen-bond donors (Lipinski definition) is 0. The minimum absolute atomic E-state index is 0.0122. The van der Waals surface area contributed by atoms with Gasteiger partial charge < -0.3 is 9.64 Å². The molecule has 1 aliphatic heterocycles. The van der Waals surface area contributed by atoms with Gasteiger partial charge in [-0.25, -0.2) is 0 Å². The maximum Gasteiger partial charge on any atom is 0.321 e. The molecular weight excluding hydrogens is 182 g/mol. The molecule has 1 amide bonds. The largest absolute Gasteiger partial charge is 0.468 e. The lowest BCUT2D eigenvalue weighted by molar-refractivity contribution is -0.155. The van der Waals surface area contributed by atoms with Gasteiger partial charge in [0.05, 0.1) is 7.11 Å². The molecule has 2 fully saturated rings. The predicted molar refractivity (Wildman–Crippen MR) is 49.5 cm³/mol. The molecule has 0 atom stereocenters. The van der Waals surface area contributed by atoms with Crippen LogP contribution in [0.2, 0.25) is 0 Å². The summed E-state index contributed by atoms with van der Waals surface area (Å²) < 4.78 is 4.67. The Kier molecular flexibility index (Phi) is 2.21. The second kappa shape index (κ2) is 3.26. The van der Waals surface area contributed by atoms with Crippen LogP contribution in [0.15, 0.2) is 0 Å². The number of ether oxygens (including phenoxy) is 1. The van der Waals surface area contributed by atoms with Crippen molar-refractivity contribution in [1.82, 2.24) is 4.90 Å². The van der Waals surface area contributed by atoms with Crippen molar-refractivity contribution in [3.05, 3.63) is 0 Å². The number of nitrogens with zero attached hydrogens (tertiary/aromatic N) is 1. The van der Waals surface area contributed by atoms with Gasteiger partial charge in [-0.2, -0.15) is 0 Å². The normalized spacial score (nSPS) is 23.4. The van der Waals surface area contributed by atoms with Crippen LogP contribution < -0.4 is 0 Å². The first-order chi connectivity index (χ1) is 6.70. The third-order valence-electron chi connectivity index (χ3n) is 3.13. The molecule has 1 heterocycles. The van der Waals surface area contributed by atoms with Gasteiger partial charge in [0, 0.05) is 13.1 Å².